The van der Waals surface area contributed by atoms with E-state index in [1.54, 1.807) is 4.90 Å². The minimum absolute atomic E-state index is 0.00248. The second-order valence-corrected chi connectivity index (χ2v) is 7.60. The Labute approximate surface area is 166 Å². The number of carbonyl (C=O) groups is 1. The van der Waals surface area contributed by atoms with Crippen molar-refractivity contribution >= 4 is 45.8 Å². The number of hydrogen-bond donors (Lipinski definition) is 0. The molecule has 0 N–H and O–H groups in total. The van der Waals surface area contributed by atoms with Crippen molar-refractivity contribution in [2.45, 2.75) is 26.3 Å². The summed E-state index contributed by atoms with van der Waals surface area (Å²) in [5, 5.41) is 11.6. The van der Waals surface area contributed by atoms with Crippen LogP contribution in [0.15, 0.2) is 47.5 Å². The van der Waals surface area contributed by atoms with Crippen LogP contribution in [-0.2, 0) is 0 Å². The molecule has 0 saturated carbocycles. The fourth-order valence-electron chi connectivity index (χ4n) is 2.84. The van der Waals surface area contributed by atoms with Gasteiger partial charge in [0.15, 0.2) is 5.17 Å². The minimum atomic E-state index is -0.536. The average molecular weight is 404 g/mol. The lowest BCUT2D eigenvalue weighted by molar-refractivity contribution is -0.384. The summed E-state index contributed by atoms with van der Waals surface area (Å²) in [6, 6.07) is 11.7. The summed E-state index contributed by atoms with van der Waals surface area (Å²) in [6.45, 7) is 4.00. The third kappa shape index (κ3) is 4.14. The number of carbonyl (C=O) groups excluding carboxylic acids is 1. The lowest BCUT2D eigenvalue weighted by Crippen LogP contribution is -2.39. The van der Waals surface area contributed by atoms with Crippen LogP contribution in [0.2, 0.25) is 5.02 Å². The molecule has 1 amide bonds. The number of hydrogen-bond acceptors (Lipinski definition) is 5. The van der Waals surface area contributed by atoms with Gasteiger partial charge < -0.3 is 0 Å². The van der Waals surface area contributed by atoms with Crippen LogP contribution in [-0.4, -0.2) is 32.7 Å². The Morgan fingerprint density at radius 2 is 2.15 bits per heavy atom. The number of thioether (sulfide) groups is 1. The van der Waals surface area contributed by atoms with E-state index in [4.69, 9.17) is 11.6 Å². The van der Waals surface area contributed by atoms with Crippen molar-refractivity contribution < 1.29 is 9.72 Å². The average Bonchev–Trinajstić information content (AvgIpc) is 3.03. The first-order chi connectivity index (χ1) is 12.9. The second kappa shape index (κ2) is 8.10. The van der Waals surface area contributed by atoms with Crippen molar-refractivity contribution in [1.82, 2.24) is 4.90 Å². The highest BCUT2D eigenvalue weighted by Crippen LogP contribution is 2.32. The first-order valence-electron chi connectivity index (χ1n) is 8.46. The fourth-order valence-corrected chi connectivity index (χ4v) is 4.36. The summed E-state index contributed by atoms with van der Waals surface area (Å²) in [4.78, 5) is 29.8. The third-order valence-corrected chi connectivity index (χ3v) is 5.70. The molecule has 0 aliphatic carbocycles. The quantitative estimate of drug-likeness (QED) is 0.518. The van der Waals surface area contributed by atoms with E-state index < -0.39 is 4.92 Å². The second-order valence-electron chi connectivity index (χ2n) is 6.20. The zero-order valence-electron chi connectivity index (χ0n) is 14.9. The maximum atomic E-state index is 13.2. The Morgan fingerprint density at radius 3 is 2.78 bits per heavy atom. The topological polar surface area (TPSA) is 75.8 Å². The fraction of sp³-hybridized carbons (Fsp3) is 0.263. The highest BCUT2D eigenvalue weighted by molar-refractivity contribution is 8.14. The zero-order chi connectivity index (χ0) is 19.6. The van der Waals surface area contributed by atoms with Crippen molar-refractivity contribution in [3.63, 3.8) is 0 Å². The molecule has 1 heterocycles. The highest BCUT2D eigenvalue weighted by Gasteiger charge is 2.35. The van der Waals surface area contributed by atoms with E-state index >= 15 is 0 Å². The number of amidine groups is 1. The number of amides is 1. The van der Waals surface area contributed by atoms with Gasteiger partial charge in [0.05, 0.1) is 21.2 Å². The van der Waals surface area contributed by atoms with Crippen LogP contribution in [0.3, 0.4) is 0 Å². The summed E-state index contributed by atoms with van der Waals surface area (Å²) < 4.78 is 0. The summed E-state index contributed by atoms with van der Waals surface area (Å²) in [5.41, 5.74) is 1.96. The molecular formula is C19H18ClN3O3S. The number of nitro groups is 1. The van der Waals surface area contributed by atoms with Crippen molar-refractivity contribution in [1.29, 1.82) is 0 Å². The summed E-state index contributed by atoms with van der Waals surface area (Å²) in [7, 11) is 0. The molecule has 1 aliphatic heterocycles. The minimum Gasteiger partial charge on any atom is -0.283 e. The predicted molar refractivity (Wildman–Crippen MR) is 109 cm³/mol. The Kier molecular flexibility index (Phi) is 5.82. The lowest BCUT2D eigenvalue weighted by Gasteiger charge is -2.23. The van der Waals surface area contributed by atoms with E-state index in [1.165, 1.54) is 30.0 Å². The van der Waals surface area contributed by atoms with Gasteiger partial charge in [-0.25, -0.2) is 4.99 Å². The van der Waals surface area contributed by atoms with Crippen LogP contribution < -0.4 is 0 Å². The van der Waals surface area contributed by atoms with Gasteiger partial charge in [0.25, 0.3) is 11.6 Å². The first kappa shape index (κ1) is 19.4. The smallest absolute Gasteiger partial charge is 0.270 e. The van der Waals surface area contributed by atoms with Crippen LogP contribution in [0.25, 0.3) is 0 Å². The normalized spacial score (nSPS) is 18.1. The van der Waals surface area contributed by atoms with E-state index in [2.05, 4.69) is 4.99 Å². The standard InChI is InChI=1S/C19H18ClN3O3S/c1-3-14-11-27-19(21-13-6-4-5-12(2)9-13)22(14)18(24)16-8-7-15(23(25)26)10-17(16)20/h4-10,14H,3,11H2,1-2H3/t14-/m0/s1. The summed E-state index contributed by atoms with van der Waals surface area (Å²) in [5.74, 6) is 0.454. The Hall–Kier alpha value is -2.38. The van der Waals surface area contributed by atoms with E-state index in [1.807, 2.05) is 38.1 Å². The number of non-ortho nitro benzene ring substituents is 1. The molecule has 3 rings (SSSR count). The molecule has 27 heavy (non-hydrogen) atoms. The van der Waals surface area contributed by atoms with Crippen LogP contribution in [0.4, 0.5) is 11.4 Å². The van der Waals surface area contributed by atoms with Gasteiger partial charge in [-0.3, -0.25) is 19.8 Å². The predicted octanol–water partition coefficient (Wildman–Crippen LogP) is 5.21. The number of benzene rings is 2. The van der Waals surface area contributed by atoms with E-state index in [-0.39, 0.29) is 28.2 Å². The number of halogens is 1. The zero-order valence-corrected chi connectivity index (χ0v) is 16.5. The molecule has 0 unspecified atom stereocenters. The van der Waals surface area contributed by atoms with Gasteiger partial charge in [-0.2, -0.15) is 0 Å². The molecule has 8 heteroatoms. The van der Waals surface area contributed by atoms with Gasteiger partial charge >= 0.3 is 0 Å². The molecule has 0 bridgehead atoms. The molecule has 6 nitrogen and oxygen atoms in total. The van der Waals surface area contributed by atoms with Gasteiger partial charge in [0, 0.05) is 23.9 Å². The van der Waals surface area contributed by atoms with Gasteiger partial charge in [0.1, 0.15) is 0 Å². The molecule has 2 aromatic rings. The largest absolute Gasteiger partial charge is 0.283 e. The van der Waals surface area contributed by atoms with Gasteiger partial charge in [-0.05, 0) is 37.1 Å². The van der Waals surface area contributed by atoms with E-state index in [0.717, 1.165) is 23.4 Å². The summed E-state index contributed by atoms with van der Waals surface area (Å²) in [6.07, 6.45) is 0.774. The molecule has 140 valence electrons. The van der Waals surface area contributed by atoms with Crippen molar-refractivity contribution in [3.8, 4) is 0 Å². The number of aryl methyl sites for hydroxylation is 1. The van der Waals surface area contributed by atoms with Crippen LogP contribution in [0.5, 0.6) is 0 Å². The number of nitrogens with zero attached hydrogens (tertiary/aromatic N) is 3. The van der Waals surface area contributed by atoms with Crippen molar-refractivity contribution in [3.05, 3.63) is 68.7 Å². The van der Waals surface area contributed by atoms with Crippen molar-refractivity contribution in [2.24, 2.45) is 4.99 Å². The maximum Gasteiger partial charge on any atom is 0.270 e. The highest BCUT2D eigenvalue weighted by atomic mass is 35.5. The SMILES string of the molecule is CC[C@H]1CSC(=Nc2cccc(C)c2)N1C(=O)c1ccc([N+](=O)[O-])cc1Cl. The number of nitro benzene ring substituents is 1. The van der Waals surface area contributed by atoms with E-state index in [9.17, 15) is 14.9 Å². The number of rotatable bonds is 4. The molecule has 0 spiro atoms. The van der Waals surface area contributed by atoms with Crippen LogP contribution in [0.1, 0.15) is 29.3 Å². The first-order valence-corrected chi connectivity index (χ1v) is 9.82. The van der Waals surface area contributed by atoms with Crippen molar-refractivity contribution in [2.75, 3.05) is 5.75 Å². The molecule has 1 aliphatic rings. The lowest BCUT2D eigenvalue weighted by atomic mass is 10.1. The Morgan fingerprint density at radius 1 is 1.37 bits per heavy atom. The monoisotopic (exact) mass is 403 g/mol. The molecule has 2 aromatic carbocycles. The third-order valence-electron chi connectivity index (χ3n) is 4.29. The summed E-state index contributed by atoms with van der Waals surface area (Å²) >= 11 is 7.69. The maximum absolute atomic E-state index is 13.2. The molecule has 1 saturated heterocycles. The number of aliphatic imine (C=N–C) groups is 1. The Balaban J connectivity index is 1.98. The molecular weight excluding hydrogens is 386 g/mol. The molecule has 0 aromatic heterocycles. The van der Waals surface area contributed by atoms with Crippen LogP contribution in [0, 0.1) is 17.0 Å². The molecule has 1 fully saturated rings. The van der Waals surface area contributed by atoms with E-state index in [0.29, 0.717) is 5.17 Å². The molecule has 1 atom stereocenters. The van der Waals surface area contributed by atoms with Gasteiger partial charge in [-0.1, -0.05) is 42.4 Å². The van der Waals surface area contributed by atoms with Gasteiger partial charge in [0.2, 0.25) is 0 Å². The van der Waals surface area contributed by atoms with Crippen LogP contribution >= 0.6 is 23.4 Å². The van der Waals surface area contributed by atoms with Gasteiger partial charge in [-0.15, -0.1) is 0 Å². The molecule has 0 radical (unpaired) electrons. The Bertz CT molecular complexity index is 932.